The van der Waals surface area contributed by atoms with Crippen LogP contribution in [-0.2, 0) is 0 Å². The SMILES string of the molecule is Cc1ccc(-c2cc(C)nc3cc(-c4ccco4)nn23)cc1. The first-order valence-corrected chi connectivity index (χ1v) is 7.19. The summed E-state index contributed by atoms with van der Waals surface area (Å²) in [7, 11) is 0. The summed E-state index contributed by atoms with van der Waals surface area (Å²) in [6, 6.07) is 16.2. The Kier molecular flexibility index (Phi) is 2.82. The summed E-state index contributed by atoms with van der Waals surface area (Å²) in [4.78, 5) is 4.57. The van der Waals surface area contributed by atoms with Crippen molar-refractivity contribution in [2.24, 2.45) is 0 Å². The summed E-state index contributed by atoms with van der Waals surface area (Å²) in [5.74, 6) is 0.748. The maximum absolute atomic E-state index is 5.44. The number of hydrogen-bond acceptors (Lipinski definition) is 3. The number of fused-ring (bicyclic) bond motifs is 1. The smallest absolute Gasteiger partial charge is 0.156 e. The molecular weight excluding hydrogens is 274 g/mol. The molecule has 3 aromatic heterocycles. The summed E-state index contributed by atoms with van der Waals surface area (Å²) in [5, 5.41) is 4.66. The van der Waals surface area contributed by atoms with Gasteiger partial charge in [-0.1, -0.05) is 29.8 Å². The molecule has 4 heteroatoms. The second-order valence-electron chi connectivity index (χ2n) is 5.43. The van der Waals surface area contributed by atoms with Crippen LogP contribution in [-0.4, -0.2) is 14.6 Å². The molecule has 0 bridgehead atoms. The second-order valence-corrected chi connectivity index (χ2v) is 5.43. The Bertz CT molecular complexity index is 935. The van der Waals surface area contributed by atoms with E-state index < -0.39 is 0 Å². The van der Waals surface area contributed by atoms with Crippen LogP contribution in [0.2, 0.25) is 0 Å². The number of hydrogen-bond donors (Lipinski definition) is 0. The third-order valence-corrected chi connectivity index (χ3v) is 3.68. The van der Waals surface area contributed by atoms with E-state index >= 15 is 0 Å². The maximum Gasteiger partial charge on any atom is 0.156 e. The van der Waals surface area contributed by atoms with E-state index in [9.17, 15) is 0 Å². The predicted octanol–water partition coefficient (Wildman–Crippen LogP) is 4.27. The van der Waals surface area contributed by atoms with Gasteiger partial charge in [-0.3, -0.25) is 0 Å². The number of furan rings is 1. The van der Waals surface area contributed by atoms with E-state index in [2.05, 4.69) is 47.3 Å². The molecule has 0 saturated carbocycles. The molecule has 0 unspecified atom stereocenters. The summed E-state index contributed by atoms with van der Waals surface area (Å²) in [6.07, 6.45) is 1.65. The van der Waals surface area contributed by atoms with Crippen molar-refractivity contribution in [1.82, 2.24) is 14.6 Å². The van der Waals surface area contributed by atoms with Crippen molar-refractivity contribution in [2.75, 3.05) is 0 Å². The van der Waals surface area contributed by atoms with Crippen LogP contribution in [0.1, 0.15) is 11.3 Å². The van der Waals surface area contributed by atoms with Crippen LogP contribution in [0.25, 0.3) is 28.4 Å². The van der Waals surface area contributed by atoms with Crippen LogP contribution in [0.4, 0.5) is 0 Å². The lowest BCUT2D eigenvalue weighted by Gasteiger charge is -2.06. The molecule has 108 valence electrons. The van der Waals surface area contributed by atoms with Gasteiger partial charge in [0.15, 0.2) is 11.4 Å². The number of benzene rings is 1. The molecule has 0 spiro atoms. The van der Waals surface area contributed by atoms with Crippen molar-refractivity contribution >= 4 is 5.65 Å². The van der Waals surface area contributed by atoms with Gasteiger partial charge in [-0.15, -0.1) is 0 Å². The van der Waals surface area contributed by atoms with Crippen molar-refractivity contribution in [3.8, 4) is 22.7 Å². The van der Waals surface area contributed by atoms with E-state index in [0.717, 1.165) is 34.1 Å². The highest BCUT2D eigenvalue weighted by Crippen LogP contribution is 2.25. The Morgan fingerprint density at radius 3 is 2.55 bits per heavy atom. The monoisotopic (exact) mass is 289 g/mol. The summed E-state index contributed by atoms with van der Waals surface area (Å²) in [6.45, 7) is 4.08. The van der Waals surface area contributed by atoms with Crippen molar-refractivity contribution in [3.63, 3.8) is 0 Å². The third kappa shape index (κ3) is 2.09. The molecule has 0 amide bonds. The maximum atomic E-state index is 5.44. The highest BCUT2D eigenvalue weighted by molar-refractivity contribution is 5.67. The molecule has 0 fully saturated rings. The fraction of sp³-hybridized carbons (Fsp3) is 0.111. The minimum Gasteiger partial charge on any atom is -0.463 e. The van der Waals surface area contributed by atoms with Crippen molar-refractivity contribution in [2.45, 2.75) is 13.8 Å². The lowest BCUT2D eigenvalue weighted by Crippen LogP contribution is -1.98. The summed E-state index contributed by atoms with van der Waals surface area (Å²) in [5.41, 5.74) is 5.96. The van der Waals surface area contributed by atoms with Gasteiger partial charge in [-0.05, 0) is 32.0 Å². The van der Waals surface area contributed by atoms with Crippen molar-refractivity contribution < 1.29 is 4.42 Å². The normalized spacial score (nSPS) is 11.2. The van der Waals surface area contributed by atoms with Gasteiger partial charge in [0.25, 0.3) is 0 Å². The van der Waals surface area contributed by atoms with Gasteiger partial charge in [0.05, 0.1) is 12.0 Å². The van der Waals surface area contributed by atoms with Gasteiger partial charge < -0.3 is 4.42 Å². The Morgan fingerprint density at radius 1 is 1.00 bits per heavy atom. The van der Waals surface area contributed by atoms with Crippen LogP contribution in [0.3, 0.4) is 0 Å². The Labute approximate surface area is 128 Å². The second kappa shape index (κ2) is 4.84. The molecule has 3 heterocycles. The first kappa shape index (κ1) is 12.8. The average molecular weight is 289 g/mol. The lowest BCUT2D eigenvalue weighted by molar-refractivity contribution is 0.579. The van der Waals surface area contributed by atoms with E-state index in [1.54, 1.807) is 6.26 Å². The molecule has 0 aliphatic rings. The lowest BCUT2D eigenvalue weighted by atomic mass is 10.1. The molecule has 1 aromatic carbocycles. The Morgan fingerprint density at radius 2 is 1.82 bits per heavy atom. The standard InChI is InChI=1S/C18H15N3O/c1-12-5-7-14(8-6-12)16-10-13(2)19-18-11-15(20-21(16)18)17-4-3-9-22-17/h3-11H,1-2H3. The molecule has 0 aliphatic heterocycles. The topological polar surface area (TPSA) is 43.3 Å². The zero-order valence-corrected chi connectivity index (χ0v) is 12.4. The number of nitrogens with zero attached hydrogens (tertiary/aromatic N) is 3. The predicted molar refractivity (Wildman–Crippen MR) is 85.6 cm³/mol. The van der Waals surface area contributed by atoms with E-state index in [-0.39, 0.29) is 0 Å². The van der Waals surface area contributed by atoms with Crippen molar-refractivity contribution in [1.29, 1.82) is 0 Å². The molecule has 0 aliphatic carbocycles. The van der Waals surface area contributed by atoms with Crippen LogP contribution in [0.15, 0.2) is 59.2 Å². The van der Waals surface area contributed by atoms with Gasteiger partial charge >= 0.3 is 0 Å². The van der Waals surface area contributed by atoms with Gasteiger partial charge in [-0.25, -0.2) is 9.50 Å². The van der Waals surface area contributed by atoms with E-state index in [4.69, 9.17) is 4.42 Å². The van der Waals surface area contributed by atoms with Gasteiger partial charge in [0.1, 0.15) is 5.69 Å². The fourth-order valence-corrected chi connectivity index (χ4v) is 2.57. The molecule has 0 atom stereocenters. The number of rotatable bonds is 2. The quantitative estimate of drug-likeness (QED) is 0.553. The molecule has 0 radical (unpaired) electrons. The molecule has 4 rings (SSSR count). The van der Waals surface area contributed by atoms with Gasteiger partial charge in [-0.2, -0.15) is 5.10 Å². The van der Waals surface area contributed by atoms with Crippen LogP contribution in [0, 0.1) is 13.8 Å². The Hall–Kier alpha value is -2.88. The van der Waals surface area contributed by atoms with E-state index in [1.807, 2.05) is 29.6 Å². The third-order valence-electron chi connectivity index (χ3n) is 3.68. The molecule has 4 aromatic rings. The van der Waals surface area contributed by atoms with Crippen LogP contribution >= 0.6 is 0 Å². The molecule has 4 nitrogen and oxygen atoms in total. The van der Waals surface area contributed by atoms with Crippen LogP contribution < -0.4 is 0 Å². The van der Waals surface area contributed by atoms with Gasteiger partial charge in [0.2, 0.25) is 0 Å². The first-order valence-electron chi connectivity index (χ1n) is 7.19. The van der Waals surface area contributed by atoms with Crippen molar-refractivity contribution in [3.05, 3.63) is 66.1 Å². The Balaban J connectivity index is 1.96. The number of aryl methyl sites for hydroxylation is 2. The average Bonchev–Trinajstić information content (AvgIpc) is 3.15. The largest absolute Gasteiger partial charge is 0.463 e. The highest BCUT2D eigenvalue weighted by Gasteiger charge is 2.12. The number of aromatic nitrogens is 3. The minimum absolute atomic E-state index is 0.748. The molecule has 0 N–H and O–H groups in total. The fourth-order valence-electron chi connectivity index (χ4n) is 2.57. The zero-order valence-electron chi connectivity index (χ0n) is 12.4. The molecule has 0 saturated heterocycles. The first-order chi connectivity index (χ1) is 10.7. The molecular formula is C18H15N3O. The highest BCUT2D eigenvalue weighted by atomic mass is 16.3. The van der Waals surface area contributed by atoms with E-state index in [0.29, 0.717) is 0 Å². The zero-order chi connectivity index (χ0) is 15.1. The molecule has 22 heavy (non-hydrogen) atoms. The summed E-state index contributed by atoms with van der Waals surface area (Å²) < 4.78 is 7.31. The summed E-state index contributed by atoms with van der Waals surface area (Å²) >= 11 is 0. The van der Waals surface area contributed by atoms with Gasteiger partial charge in [0, 0.05) is 17.3 Å². The van der Waals surface area contributed by atoms with E-state index in [1.165, 1.54) is 5.56 Å². The minimum atomic E-state index is 0.748. The van der Waals surface area contributed by atoms with Crippen LogP contribution in [0.5, 0.6) is 0 Å².